The fourth-order valence-corrected chi connectivity index (χ4v) is 4.45. The van der Waals surface area contributed by atoms with Crippen molar-refractivity contribution in [1.29, 1.82) is 0 Å². The highest BCUT2D eigenvalue weighted by molar-refractivity contribution is 6.08. The van der Waals surface area contributed by atoms with Crippen molar-refractivity contribution in [3.63, 3.8) is 0 Å². The van der Waals surface area contributed by atoms with Crippen LogP contribution in [0.2, 0.25) is 0 Å². The van der Waals surface area contributed by atoms with Crippen LogP contribution in [0.4, 0.5) is 5.69 Å². The molecule has 1 N–H and O–H groups in total. The molecule has 1 aliphatic heterocycles. The van der Waals surface area contributed by atoms with Crippen LogP contribution in [0.25, 0.3) is 0 Å². The van der Waals surface area contributed by atoms with Crippen LogP contribution in [0.1, 0.15) is 16.8 Å². The standard InChI is InChI=1S/C21H20N2O7/c1-29-21(28)11-4-6-14(7-5-11)22-15(24)10-30-16(25)9-23-19(26)17-12-2-3-13(8-12)18(17)20(23)27/h2-7,12-13,17-18H,8-10H2,1H3,(H,22,24)/t12-,13-,17+,18+/m0/s1. The Kier molecular flexibility index (Phi) is 5.11. The molecule has 2 aliphatic carbocycles. The van der Waals surface area contributed by atoms with Crippen LogP contribution in [0.5, 0.6) is 0 Å². The largest absolute Gasteiger partial charge is 0.465 e. The number of allylic oxidation sites excluding steroid dienone is 2. The molecule has 0 unspecified atom stereocenters. The number of carbonyl (C=O) groups excluding carboxylic acids is 5. The number of likely N-dealkylation sites (tertiary alicyclic amines) is 1. The van der Waals surface area contributed by atoms with E-state index in [4.69, 9.17) is 4.74 Å². The van der Waals surface area contributed by atoms with Gasteiger partial charge in [-0.3, -0.25) is 24.1 Å². The van der Waals surface area contributed by atoms with Gasteiger partial charge in [0.15, 0.2) is 6.61 Å². The predicted molar refractivity (Wildman–Crippen MR) is 102 cm³/mol. The number of imide groups is 1. The highest BCUT2D eigenvalue weighted by atomic mass is 16.5. The number of nitrogens with one attached hydrogen (secondary N) is 1. The minimum Gasteiger partial charge on any atom is -0.465 e. The number of rotatable bonds is 6. The molecule has 1 heterocycles. The monoisotopic (exact) mass is 412 g/mol. The number of hydrogen-bond acceptors (Lipinski definition) is 7. The second-order valence-electron chi connectivity index (χ2n) is 7.54. The van der Waals surface area contributed by atoms with Crippen molar-refractivity contribution in [2.45, 2.75) is 6.42 Å². The van der Waals surface area contributed by atoms with Crippen molar-refractivity contribution in [3.8, 4) is 0 Å². The Morgan fingerprint density at radius 2 is 1.63 bits per heavy atom. The number of ether oxygens (including phenoxy) is 2. The van der Waals surface area contributed by atoms with Crippen molar-refractivity contribution in [1.82, 2.24) is 4.90 Å². The minimum atomic E-state index is -0.826. The smallest absolute Gasteiger partial charge is 0.337 e. The summed E-state index contributed by atoms with van der Waals surface area (Å²) in [4.78, 5) is 61.5. The summed E-state index contributed by atoms with van der Waals surface area (Å²) in [6, 6.07) is 5.98. The highest BCUT2D eigenvalue weighted by Gasteiger charge is 2.59. The lowest BCUT2D eigenvalue weighted by atomic mass is 9.85. The van der Waals surface area contributed by atoms with Crippen molar-refractivity contribution < 1.29 is 33.4 Å². The molecule has 9 nitrogen and oxygen atoms in total. The number of nitrogens with zero attached hydrogens (tertiary/aromatic N) is 1. The lowest BCUT2D eigenvalue weighted by molar-refractivity contribution is -0.154. The van der Waals surface area contributed by atoms with Crippen LogP contribution >= 0.6 is 0 Å². The van der Waals surface area contributed by atoms with Crippen molar-refractivity contribution in [2.24, 2.45) is 23.7 Å². The number of esters is 2. The summed E-state index contributed by atoms with van der Waals surface area (Å²) < 4.78 is 9.51. The summed E-state index contributed by atoms with van der Waals surface area (Å²) in [5.74, 6) is -3.22. The van der Waals surface area contributed by atoms with E-state index in [0.29, 0.717) is 11.3 Å². The number of methoxy groups -OCH3 is 1. The molecule has 9 heteroatoms. The van der Waals surface area contributed by atoms with Gasteiger partial charge in [-0.2, -0.15) is 0 Å². The third-order valence-electron chi connectivity index (χ3n) is 5.80. The summed E-state index contributed by atoms with van der Waals surface area (Å²) in [5, 5.41) is 2.52. The molecule has 2 bridgehead atoms. The van der Waals surface area contributed by atoms with Gasteiger partial charge in [-0.05, 0) is 42.5 Å². The molecular weight excluding hydrogens is 392 g/mol. The third kappa shape index (κ3) is 3.47. The fourth-order valence-electron chi connectivity index (χ4n) is 4.45. The summed E-state index contributed by atoms with van der Waals surface area (Å²) in [7, 11) is 1.27. The highest BCUT2D eigenvalue weighted by Crippen LogP contribution is 2.52. The molecule has 1 aromatic rings. The first-order valence-electron chi connectivity index (χ1n) is 9.56. The molecule has 3 amide bonds. The van der Waals surface area contributed by atoms with Crippen LogP contribution in [0, 0.1) is 23.7 Å². The Morgan fingerprint density at radius 3 is 2.20 bits per heavy atom. The van der Waals surface area contributed by atoms with Gasteiger partial charge in [0.1, 0.15) is 6.54 Å². The van der Waals surface area contributed by atoms with E-state index in [1.54, 1.807) is 0 Å². The van der Waals surface area contributed by atoms with Gasteiger partial charge in [-0.1, -0.05) is 12.2 Å². The van der Waals surface area contributed by atoms with Gasteiger partial charge >= 0.3 is 11.9 Å². The Morgan fingerprint density at radius 1 is 1.03 bits per heavy atom. The average molecular weight is 412 g/mol. The van der Waals surface area contributed by atoms with Crippen LogP contribution in [0.3, 0.4) is 0 Å². The first-order chi connectivity index (χ1) is 14.4. The molecule has 30 heavy (non-hydrogen) atoms. The molecular formula is C21H20N2O7. The van der Waals surface area contributed by atoms with E-state index in [2.05, 4.69) is 10.1 Å². The van der Waals surface area contributed by atoms with Gasteiger partial charge in [-0.15, -0.1) is 0 Å². The Bertz CT molecular complexity index is 923. The van der Waals surface area contributed by atoms with E-state index in [1.165, 1.54) is 31.4 Å². The second-order valence-corrected chi connectivity index (χ2v) is 7.54. The van der Waals surface area contributed by atoms with Gasteiger partial charge < -0.3 is 14.8 Å². The second kappa shape index (κ2) is 7.74. The van der Waals surface area contributed by atoms with E-state index in [0.717, 1.165) is 11.3 Å². The molecule has 156 valence electrons. The molecule has 3 aliphatic rings. The van der Waals surface area contributed by atoms with Crippen LogP contribution in [-0.4, -0.2) is 54.8 Å². The molecule has 2 fully saturated rings. The normalized spacial score (nSPS) is 26.0. The van der Waals surface area contributed by atoms with Gasteiger partial charge in [0.25, 0.3) is 5.91 Å². The molecule has 1 aromatic carbocycles. The minimum absolute atomic E-state index is 0.0637. The summed E-state index contributed by atoms with van der Waals surface area (Å²) in [5.41, 5.74) is 0.736. The van der Waals surface area contributed by atoms with Gasteiger partial charge in [0.2, 0.25) is 11.8 Å². The zero-order valence-corrected chi connectivity index (χ0v) is 16.2. The SMILES string of the molecule is COC(=O)c1ccc(NC(=O)COC(=O)CN2C(=O)[C@H]3[C@H](C2=O)[C@H]2C=C[C@H]3C2)cc1. The number of fused-ring (bicyclic) bond motifs is 5. The van der Waals surface area contributed by atoms with Crippen LogP contribution < -0.4 is 5.32 Å². The van der Waals surface area contributed by atoms with Crippen molar-refractivity contribution >= 4 is 35.3 Å². The van der Waals surface area contributed by atoms with E-state index >= 15 is 0 Å². The summed E-state index contributed by atoms with van der Waals surface area (Å²) >= 11 is 0. The quantitative estimate of drug-likeness (QED) is 0.416. The number of hydrogen-bond donors (Lipinski definition) is 1. The van der Waals surface area contributed by atoms with Gasteiger partial charge in [0.05, 0.1) is 24.5 Å². The maximum Gasteiger partial charge on any atom is 0.337 e. The number of carbonyl (C=O) groups is 5. The van der Waals surface area contributed by atoms with E-state index in [9.17, 15) is 24.0 Å². The molecule has 4 atom stereocenters. The van der Waals surface area contributed by atoms with E-state index < -0.39 is 31.0 Å². The first kappa shape index (κ1) is 19.8. The first-order valence-corrected chi connectivity index (χ1v) is 9.56. The van der Waals surface area contributed by atoms with Gasteiger partial charge in [0, 0.05) is 5.69 Å². The Labute approximate surface area is 172 Å². The lowest BCUT2D eigenvalue weighted by Crippen LogP contribution is -2.38. The maximum absolute atomic E-state index is 12.6. The third-order valence-corrected chi connectivity index (χ3v) is 5.80. The zero-order chi connectivity index (χ0) is 21.4. The molecule has 0 aromatic heterocycles. The fraction of sp³-hybridized carbons (Fsp3) is 0.381. The van der Waals surface area contributed by atoms with E-state index in [-0.39, 0.29) is 35.5 Å². The lowest BCUT2D eigenvalue weighted by Gasteiger charge is -2.16. The maximum atomic E-state index is 12.6. The average Bonchev–Trinajstić information content (AvgIpc) is 3.42. The van der Waals surface area contributed by atoms with Crippen LogP contribution in [-0.2, 0) is 28.7 Å². The Balaban J connectivity index is 1.26. The zero-order valence-electron chi connectivity index (χ0n) is 16.2. The van der Waals surface area contributed by atoms with Crippen LogP contribution in [0.15, 0.2) is 36.4 Å². The summed E-state index contributed by atoms with van der Waals surface area (Å²) in [6.45, 7) is -1.06. The van der Waals surface area contributed by atoms with E-state index in [1.807, 2.05) is 12.2 Å². The number of anilines is 1. The number of benzene rings is 1. The molecule has 4 rings (SSSR count). The molecule has 0 radical (unpaired) electrons. The molecule has 0 spiro atoms. The number of amides is 3. The summed E-state index contributed by atoms with van der Waals surface area (Å²) in [6.07, 6.45) is 4.76. The topological polar surface area (TPSA) is 119 Å². The Hall–Kier alpha value is -3.49. The predicted octanol–water partition coefficient (Wildman–Crippen LogP) is 0.762. The van der Waals surface area contributed by atoms with Crippen molar-refractivity contribution in [3.05, 3.63) is 42.0 Å². The van der Waals surface area contributed by atoms with Gasteiger partial charge in [-0.25, -0.2) is 4.79 Å². The molecule has 1 saturated carbocycles. The van der Waals surface area contributed by atoms with Crippen molar-refractivity contribution in [2.75, 3.05) is 25.6 Å². The molecule has 1 saturated heterocycles.